The lowest BCUT2D eigenvalue weighted by molar-refractivity contribution is -0.659. The van der Waals surface area contributed by atoms with Gasteiger partial charge in [-0.3, -0.25) is 9.67 Å². The molecule has 1 atom stereocenters. The molecule has 0 saturated carbocycles. The van der Waals surface area contributed by atoms with Crippen molar-refractivity contribution in [2.45, 2.75) is 25.2 Å². The standard InChI is InChI=1S/C25H19ClF6N8O/c1-41-9-7-19(38-12-15(11-35-38)18-6-8-34-40(18)24(28)29)17-4-2-14(10-33-17)22-20(5-3-16(26)23(22)27)39-13-21(36-37-39)25(30,31)32/h2-6,8,10-13,19,24H,7,9H2,1H3/p+1/i1D3,9D2,19D. The van der Waals surface area contributed by atoms with Crippen LogP contribution in [0.15, 0.2) is 61.3 Å². The summed E-state index contributed by atoms with van der Waals surface area (Å²) in [5.41, 5.74) is -2.19. The van der Waals surface area contributed by atoms with E-state index in [0.29, 0.717) is 10.9 Å². The summed E-state index contributed by atoms with van der Waals surface area (Å²) in [4.78, 5) is 4.18. The van der Waals surface area contributed by atoms with Crippen molar-refractivity contribution in [3.05, 3.63) is 83.5 Å². The van der Waals surface area contributed by atoms with Gasteiger partial charge in [0.1, 0.15) is 0 Å². The van der Waals surface area contributed by atoms with E-state index >= 15 is 4.39 Å². The number of ether oxygens (including phenoxy) is 1. The Morgan fingerprint density at radius 3 is 2.68 bits per heavy atom. The third-order valence-electron chi connectivity index (χ3n) is 5.82. The van der Waals surface area contributed by atoms with Crippen LogP contribution in [0.4, 0.5) is 26.3 Å². The highest BCUT2D eigenvalue weighted by molar-refractivity contribution is 6.31. The van der Waals surface area contributed by atoms with Gasteiger partial charge in [-0.15, -0.1) is 4.68 Å². The van der Waals surface area contributed by atoms with E-state index in [9.17, 15) is 23.3 Å². The minimum absolute atomic E-state index is 0.0359. The molecule has 0 spiro atoms. The minimum atomic E-state index is -4.81. The number of benzene rings is 1. The summed E-state index contributed by atoms with van der Waals surface area (Å²) in [5, 5.41) is 12.5. The number of nitrogens with zero attached hydrogens (tertiary/aromatic N) is 7. The molecule has 4 heterocycles. The van der Waals surface area contributed by atoms with Crippen LogP contribution in [0.25, 0.3) is 28.1 Å². The van der Waals surface area contributed by atoms with Crippen molar-refractivity contribution in [1.82, 2.24) is 34.9 Å². The van der Waals surface area contributed by atoms with Gasteiger partial charge in [-0.2, -0.15) is 32.1 Å². The maximum Gasteiger partial charge on any atom is 0.464 e. The van der Waals surface area contributed by atoms with E-state index in [1.165, 1.54) is 18.2 Å². The number of aromatic nitrogens is 8. The van der Waals surface area contributed by atoms with Crippen LogP contribution in [0.2, 0.25) is 5.02 Å². The Kier molecular flexibility index (Phi) is 5.94. The van der Waals surface area contributed by atoms with Gasteiger partial charge in [0.05, 0.1) is 47.5 Å². The second-order valence-corrected chi connectivity index (χ2v) is 8.67. The predicted molar refractivity (Wildman–Crippen MR) is 133 cm³/mol. The second kappa shape index (κ2) is 11.3. The van der Waals surface area contributed by atoms with E-state index in [-0.39, 0.29) is 38.8 Å². The van der Waals surface area contributed by atoms with Gasteiger partial charge in [-0.25, -0.2) is 9.07 Å². The van der Waals surface area contributed by atoms with Gasteiger partial charge in [-0.1, -0.05) is 22.9 Å². The maximum absolute atomic E-state index is 15.4. The lowest BCUT2D eigenvalue weighted by Gasteiger charge is -2.17. The van der Waals surface area contributed by atoms with Crippen molar-refractivity contribution in [2.75, 3.05) is 13.6 Å². The van der Waals surface area contributed by atoms with Crippen molar-refractivity contribution in [2.24, 2.45) is 0 Å². The minimum Gasteiger partial charge on any atom is -0.385 e. The van der Waals surface area contributed by atoms with Crippen LogP contribution >= 0.6 is 11.6 Å². The summed E-state index contributed by atoms with van der Waals surface area (Å²) in [7, 11) is -3.22. The Balaban J connectivity index is 1.60. The third-order valence-corrected chi connectivity index (χ3v) is 6.11. The molecule has 5 rings (SSSR count). The van der Waals surface area contributed by atoms with E-state index in [4.69, 9.17) is 18.5 Å². The molecule has 1 N–H and O–H groups in total. The number of alkyl halides is 5. The van der Waals surface area contributed by atoms with Crippen molar-refractivity contribution in [1.29, 1.82) is 0 Å². The van der Waals surface area contributed by atoms with Crippen LogP contribution in [0.5, 0.6) is 0 Å². The van der Waals surface area contributed by atoms with Gasteiger partial charge >= 0.3 is 18.4 Å². The van der Waals surface area contributed by atoms with Crippen molar-refractivity contribution in [3.8, 4) is 28.1 Å². The largest absolute Gasteiger partial charge is 0.464 e. The number of halogens is 7. The van der Waals surface area contributed by atoms with Gasteiger partial charge in [0.15, 0.2) is 17.7 Å². The first kappa shape index (κ1) is 21.5. The first-order valence-electron chi connectivity index (χ1n) is 14.4. The first-order chi connectivity index (χ1) is 21.8. The highest BCUT2D eigenvalue weighted by atomic mass is 35.5. The van der Waals surface area contributed by atoms with E-state index in [2.05, 4.69) is 30.2 Å². The molecule has 9 nitrogen and oxygen atoms in total. The number of aromatic amines is 1. The highest BCUT2D eigenvalue weighted by Gasteiger charge is 2.41. The molecule has 0 radical (unpaired) electrons. The van der Waals surface area contributed by atoms with Crippen LogP contribution < -0.4 is 4.68 Å². The van der Waals surface area contributed by atoms with Crippen molar-refractivity contribution in [3.63, 3.8) is 0 Å². The zero-order valence-electron chi connectivity index (χ0n) is 26.2. The Morgan fingerprint density at radius 2 is 2.00 bits per heavy atom. The van der Waals surface area contributed by atoms with Gasteiger partial charge in [-0.05, 0) is 30.7 Å². The van der Waals surface area contributed by atoms with Crippen LogP contribution in [0.3, 0.4) is 0 Å². The topological polar surface area (TPSA) is 90.3 Å². The second-order valence-electron chi connectivity index (χ2n) is 8.26. The van der Waals surface area contributed by atoms with Gasteiger partial charge in [0.2, 0.25) is 0 Å². The van der Waals surface area contributed by atoms with Crippen molar-refractivity contribution >= 4 is 11.6 Å². The summed E-state index contributed by atoms with van der Waals surface area (Å²) in [6.07, 6.45) is -0.942. The van der Waals surface area contributed by atoms with Crippen molar-refractivity contribution < 1.29 is 44.0 Å². The number of methoxy groups -OCH3 is 1. The van der Waals surface area contributed by atoms with Crippen LogP contribution in [-0.4, -0.2) is 48.5 Å². The normalized spacial score (nSPS) is 16.4. The number of pyridine rings is 1. The molecule has 0 fully saturated rings. The molecule has 1 unspecified atom stereocenters. The molecule has 1 aromatic carbocycles. The third kappa shape index (κ3) is 5.67. The molecule has 0 aliphatic rings. The van der Waals surface area contributed by atoms with E-state index < -0.39 is 50.3 Å². The molecular weight excluding hydrogens is 578 g/mol. The zero-order chi connectivity index (χ0) is 34.5. The lowest BCUT2D eigenvalue weighted by atomic mass is 10.0. The summed E-state index contributed by atoms with van der Waals surface area (Å²) in [6.45, 7) is -6.04. The fraction of sp³-hybridized carbons (Fsp3) is 0.240. The maximum atomic E-state index is 15.4. The average molecular weight is 604 g/mol. The molecule has 0 amide bonds. The molecule has 5 aromatic rings. The summed E-state index contributed by atoms with van der Waals surface area (Å²) in [5.74, 6) is -1.04. The van der Waals surface area contributed by atoms with Crippen LogP contribution in [-0.2, 0) is 10.9 Å². The fourth-order valence-corrected chi connectivity index (χ4v) is 4.13. The molecule has 0 aliphatic heterocycles. The number of hydrogen-bond acceptors (Lipinski definition) is 5. The fourth-order valence-electron chi connectivity index (χ4n) is 3.97. The van der Waals surface area contributed by atoms with E-state index in [1.807, 2.05) is 0 Å². The molecule has 0 bridgehead atoms. The van der Waals surface area contributed by atoms with Crippen LogP contribution in [0.1, 0.15) is 38.6 Å². The zero-order valence-corrected chi connectivity index (χ0v) is 21.0. The molecule has 0 aliphatic carbocycles. The molecule has 0 saturated heterocycles. The molecular formula is C25H20ClF6N8O+. The summed E-state index contributed by atoms with van der Waals surface area (Å²) in [6, 6.07) is 3.50. The smallest absolute Gasteiger partial charge is 0.385 e. The SMILES string of the molecule is [2H]C([2H])([2H])OC([2H])([2H])CC([2H])(c1ccc(-c2c(-[n+]3cc(C(F)(F)F)n[nH]3)ccc(Cl)c2F)cn1)n1cc(-c2ccnn2C(F)F)cn1. The molecule has 214 valence electrons. The lowest BCUT2D eigenvalue weighted by Crippen LogP contribution is -2.33. The van der Waals surface area contributed by atoms with Crippen LogP contribution in [0, 0.1) is 5.82 Å². The Bertz CT molecular complexity index is 1900. The number of H-pyrrole nitrogens is 1. The van der Waals surface area contributed by atoms with E-state index in [0.717, 1.165) is 46.3 Å². The quantitative estimate of drug-likeness (QED) is 0.174. The number of nitrogens with one attached hydrogen (secondary N) is 1. The van der Waals surface area contributed by atoms with Gasteiger partial charge in [0.25, 0.3) is 0 Å². The predicted octanol–water partition coefficient (Wildman–Crippen LogP) is 5.64. The van der Waals surface area contributed by atoms with Gasteiger partial charge in [0, 0.05) is 43.3 Å². The summed E-state index contributed by atoms with van der Waals surface area (Å²) >= 11 is 5.98. The molecule has 4 aromatic heterocycles. The highest BCUT2D eigenvalue weighted by Crippen LogP contribution is 2.33. The number of hydrogen-bond donors (Lipinski definition) is 1. The molecule has 16 heteroatoms. The Hall–Kier alpha value is -4.24. The summed E-state index contributed by atoms with van der Waals surface area (Å²) < 4.78 is 136. The number of rotatable bonds is 9. The average Bonchev–Trinajstić information content (AvgIpc) is 3.73. The monoisotopic (exact) mass is 603 g/mol. The Labute approximate surface area is 241 Å². The molecule has 41 heavy (non-hydrogen) atoms. The van der Waals surface area contributed by atoms with Gasteiger partial charge < -0.3 is 4.74 Å². The first-order valence-corrected chi connectivity index (χ1v) is 11.7. The Morgan fingerprint density at radius 1 is 1.17 bits per heavy atom. The van der Waals surface area contributed by atoms with E-state index in [1.54, 1.807) is 0 Å².